The van der Waals surface area contributed by atoms with Gasteiger partial charge in [-0.1, -0.05) is 28.9 Å². The molecule has 0 aliphatic carbocycles. The van der Waals surface area contributed by atoms with Crippen LogP contribution in [0.5, 0.6) is 0 Å². The van der Waals surface area contributed by atoms with E-state index < -0.39 is 10.0 Å². The van der Waals surface area contributed by atoms with Gasteiger partial charge in [0.15, 0.2) is 0 Å². The third-order valence-electron chi connectivity index (χ3n) is 2.60. The van der Waals surface area contributed by atoms with Crippen LogP contribution in [-0.2, 0) is 14.8 Å². The molecule has 1 unspecified atom stereocenters. The summed E-state index contributed by atoms with van der Waals surface area (Å²) < 4.78 is 31.9. The van der Waals surface area contributed by atoms with Gasteiger partial charge >= 0.3 is 0 Å². The summed E-state index contributed by atoms with van der Waals surface area (Å²) in [5.74, 6) is 0. The summed E-state index contributed by atoms with van der Waals surface area (Å²) in [6.45, 7) is 3.38. The Hall–Kier alpha value is -0.430. The average molecular weight is 320 g/mol. The van der Waals surface area contributed by atoms with Crippen molar-refractivity contribution in [2.24, 2.45) is 0 Å². The van der Waals surface area contributed by atoms with Crippen LogP contribution in [0.25, 0.3) is 0 Å². The first-order chi connectivity index (χ1) is 8.04. The maximum atomic E-state index is 12.3. The molecule has 1 fully saturated rings. The number of benzene rings is 1. The average Bonchev–Trinajstić information content (AvgIpc) is 3.09. The Balaban J connectivity index is 2.26. The van der Waals surface area contributed by atoms with Gasteiger partial charge in [0.1, 0.15) is 0 Å². The molecular formula is C11H14BrNO3S. The summed E-state index contributed by atoms with van der Waals surface area (Å²) in [6.07, 6.45) is 0.0666. The van der Waals surface area contributed by atoms with Crippen LogP contribution in [0, 0.1) is 0 Å². The number of ether oxygens (including phenoxy) is 1. The zero-order chi connectivity index (χ0) is 12.5. The lowest BCUT2D eigenvalue weighted by molar-refractivity contribution is 0.342. The summed E-state index contributed by atoms with van der Waals surface area (Å²) in [5.41, 5.74) is 0. The Bertz CT molecular complexity index is 499. The summed E-state index contributed by atoms with van der Waals surface area (Å²) in [4.78, 5) is 0.314. The molecule has 0 amide bonds. The quantitative estimate of drug-likeness (QED) is 0.778. The van der Waals surface area contributed by atoms with E-state index in [2.05, 4.69) is 15.9 Å². The molecule has 1 aliphatic rings. The molecule has 0 bridgehead atoms. The molecule has 0 spiro atoms. The normalized spacial score (nSPS) is 19.6. The zero-order valence-corrected chi connectivity index (χ0v) is 11.9. The van der Waals surface area contributed by atoms with Crippen LogP contribution in [0.15, 0.2) is 33.6 Å². The topological polar surface area (TPSA) is 49.9 Å². The van der Waals surface area contributed by atoms with Crippen LogP contribution in [0.2, 0.25) is 0 Å². The largest absolute Gasteiger partial charge is 0.372 e. The van der Waals surface area contributed by atoms with E-state index in [0.29, 0.717) is 24.6 Å². The molecule has 1 saturated heterocycles. The lowest BCUT2D eigenvalue weighted by Crippen LogP contribution is -2.34. The fraction of sp³-hybridized carbons (Fsp3) is 0.455. The van der Waals surface area contributed by atoms with E-state index in [0.717, 1.165) is 4.47 Å². The smallest absolute Gasteiger partial charge is 0.243 e. The molecule has 1 aliphatic heterocycles. The van der Waals surface area contributed by atoms with Crippen LogP contribution in [0.3, 0.4) is 0 Å². The molecule has 6 heteroatoms. The van der Waals surface area contributed by atoms with E-state index >= 15 is 0 Å². The van der Waals surface area contributed by atoms with Crippen molar-refractivity contribution in [3.05, 3.63) is 28.7 Å². The number of hydrogen-bond acceptors (Lipinski definition) is 3. The molecule has 1 heterocycles. The van der Waals surface area contributed by atoms with Crippen LogP contribution in [0.1, 0.15) is 6.92 Å². The summed E-state index contributed by atoms with van der Waals surface area (Å²) in [5, 5.41) is 0. The molecule has 0 N–H and O–H groups in total. The van der Waals surface area contributed by atoms with E-state index in [1.165, 1.54) is 4.31 Å². The summed E-state index contributed by atoms with van der Waals surface area (Å²) in [6, 6.07) is 6.75. The Labute approximate surface area is 110 Å². The second-order valence-electron chi connectivity index (χ2n) is 3.87. The monoisotopic (exact) mass is 319 g/mol. The standard InChI is InChI=1S/C11H14BrNO3S/c1-2-13(7-10-8-16-10)17(14,15)11-5-3-4-9(12)6-11/h3-6,10H,2,7-8H2,1H3. The van der Waals surface area contributed by atoms with Gasteiger partial charge in [0, 0.05) is 17.6 Å². The predicted octanol–water partition coefficient (Wildman–Crippen LogP) is 1.86. The number of hydrogen-bond donors (Lipinski definition) is 0. The number of rotatable bonds is 5. The highest BCUT2D eigenvalue weighted by Crippen LogP contribution is 2.22. The first-order valence-corrected chi connectivity index (χ1v) is 7.64. The maximum Gasteiger partial charge on any atom is 0.243 e. The molecular weight excluding hydrogens is 306 g/mol. The first-order valence-electron chi connectivity index (χ1n) is 5.41. The molecule has 0 saturated carbocycles. The van der Waals surface area contributed by atoms with Crippen molar-refractivity contribution in [1.29, 1.82) is 0 Å². The fourth-order valence-corrected chi connectivity index (χ4v) is 3.65. The third-order valence-corrected chi connectivity index (χ3v) is 5.03. The number of sulfonamides is 1. The lowest BCUT2D eigenvalue weighted by Gasteiger charge is -2.19. The maximum absolute atomic E-state index is 12.3. The number of likely N-dealkylation sites (N-methyl/N-ethyl adjacent to an activating group) is 1. The van der Waals surface area contributed by atoms with Gasteiger partial charge in [0.25, 0.3) is 0 Å². The minimum atomic E-state index is -3.41. The van der Waals surface area contributed by atoms with Gasteiger partial charge in [-0.25, -0.2) is 8.42 Å². The van der Waals surface area contributed by atoms with Crippen molar-refractivity contribution in [2.45, 2.75) is 17.9 Å². The van der Waals surface area contributed by atoms with Crippen molar-refractivity contribution >= 4 is 26.0 Å². The second-order valence-corrected chi connectivity index (χ2v) is 6.72. The molecule has 0 radical (unpaired) electrons. The fourth-order valence-electron chi connectivity index (χ4n) is 1.57. The van der Waals surface area contributed by atoms with Crippen LogP contribution in [-0.4, -0.2) is 38.5 Å². The van der Waals surface area contributed by atoms with Gasteiger partial charge < -0.3 is 4.74 Å². The summed E-state index contributed by atoms with van der Waals surface area (Å²) in [7, 11) is -3.41. The molecule has 1 aromatic rings. The molecule has 94 valence electrons. The minimum absolute atomic E-state index is 0.0666. The van der Waals surface area contributed by atoms with Crippen molar-refractivity contribution < 1.29 is 13.2 Å². The van der Waals surface area contributed by atoms with Crippen LogP contribution in [0.4, 0.5) is 0 Å². The van der Waals surface area contributed by atoms with Crippen LogP contribution >= 0.6 is 15.9 Å². The Morgan fingerprint density at radius 1 is 1.53 bits per heavy atom. The van der Waals surface area contributed by atoms with Crippen molar-refractivity contribution in [1.82, 2.24) is 4.31 Å². The molecule has 0 aromatic heterocycles. The summed E-state index contributed by atoms with van der Waals surface area (Å²) >= 11 is 3.28. The van der Waals surface area contributed by atoms with E-state index in [1.54, 1.807) is 24.3 Å². The number of nitrogens with zero attached hydrogens (tertiary/aromatic N) is 1. The van der Waals surface area contributed by atoms with Gasteiger partial charge in [0.2, 0.25) is 10.0 Å². The van der Waals surface area contributed by atoms with Crippen molar-refractivity contribution in [2.75, 3.05) is 19.7 Å². The van der Waals surface area contributed by atoms with Gasteiger partial charge in [-0.2, -0.15) is 4.31 Å². The molecule has 1 atom stereocenters. The highest BCUT2D eigenvalue weighted by atomic mass is 79.9. The molecule has 17 heavy (non-hydrogen) atoms. The molecule has 1 aromatic carbocycles. The Kier molecular flexibility index (Phi) is 3.87. The highest BCUT2D eigenvalue weighted by molar-refractivity contribution is 9.10. The van der Waals surface area contributed by atoms with E-state index in [-0.39, 0.29) is 6.10 Å². The SMILES string of the molecule is CCN(CC1CO1)S(=O)(=O)c1cccc(Br)c1. The van der Waals surface area contributed by atoms with Gasteiger partial charge in [-0.05, 0) is 18.2 Å². The van der Waals surface area contributed by atoms with Gasteiger partial charge in [-0.15, -0.1) is 0 Å². The van der Waals surface area contributed by atoms with Gasteiger partial charge in [-0.3, -0.25) is 0 Å². The van der Waals surface area contributed by atoms with Crippen LogP contribution < -0.4 is 0 Å². The molecule has 4 nitrogen and oxygen atoms in total. The zero-order valence-electron chi connectivity index (χ0n) is 9.47. The Morgan fingerprint density at radius 3 is 2.76 bits per heavy atom. The van der Waals surface area contributed by atoms with Crippen molar-refractivity contribution in [3.8, 4) is 0 Å². The van der Waals surface area contributed by atoms with E-state index in [1.807, 2.05) is 6.92 Å². The lowest BCUT2D eigenvalue weighted by atomic mass is 10.4. The van der Waals surface area contributed by atoms with Gasteiger partial charge in [0.05, 0.1) is 17.6 Å². The second kappa shape index (κ2) is 5.06. The predicted molar refractivity (Wildman–Crippen MR) is 68.3 cm³/mol. The Morgan fingerprint density at radius 2 is 2.24 bits per heavy atom. The van der Waals surface area contributed by atoms with Crippen molar-refractivity contribution in [3.63, 3.8) is 0 Å². The molecule has 2 rings (SSSR count). The minimum Gasteiger partial charge on any atom is -0.372 e. The van der Waals surface area contributed by atoms with E-state index in [4.69, 9.17) is 4.74 Å². The number of epoxide rings is 1. The van der Waals surface area contributed by atoms with E-state index in [9.17, 15) is 8.42 Å². The highest BCUT2D eigenvalue weighted by Gasteiger charge is 2.31. The first kappa shape index (κ1) is 13.0. The number of halogens is 1. The third kappa shape index (κ3) is 3.07.